The lowest BCUT2D eigenvalue weighted by molar-refractivity contribution is -0.123. The van der Waals surface area contributed by atoms with Gasteiger partial charge in [0.1, 0.15) is 23.6 Å². The molecule has 0 spiro atoms. The van der Waals surface area contributed by atoms with Gasteiger partial charge in [0.2, 0.25) is 5.91 Å². The van der Waals surface area contributed by atoms with Crippen LogP contribution in [-0.2, 0) is 16.0 Å². The molecule has 0 atom stereocenters. The monoisotopic (exact) mass is 356 g/mol. The Morgan fingerprint density at radius 1 is 1.15 bits per heavy atom. The molecule has 138 valence electrons. The van der Waals surface area contributed by atoms with Crippen LogP contribution in [-0.4, -0.2) is 31.4 Å². The first-order valence-electron chi connectivity index (χ1n) is 8.27. The van der Waals surface area contributed by atoms with Gasteiger partial charge in [0.25, 0.3) is 0 Å². The summed E-state index contributed by atoms with van der Waals surface area (Å²) in [5.41, 5.74) is 1.56. The van der Waals surface area contributed by atoms with E-state index in [1.807, 2.05) is 32.9 Å². The molecule has 6 nitrogen and oxygen atoms in total. The number of amides is 1. The van der Waals surface area contributed by atoms with Crippen molar-refractivity contribution in [3.05, 3.63) is 35.9 Å². The van der Waals surface area contributed by atoms with Gasteiger partial charge in [0.05, 0.1) is 19.9 Å². The molecule has 1 N–H and O–H groups in total. The molecule has 6 heteroatoms. The Labute approximate surface area is 153 Å². The molecule has 0 aliphatic heterocycles. The number of ether oxygens (including phenoxy) is 2. The van der Waals surface area contributed by atoms with Crippen molar-refractivity contribution >= 4 is 18.0 Å². The summed E-state index contributed by atoms with van der Waals surface area (Å²) in [4.78, 5) is 27.6. The molecule has 0 saturated carbocycles. The fourth-order valence-corrected chi connectivity index (χ4v) is 2.37. The molecule has 0 saturated heterocycles. The predicted molar refractivity (Wildman–Crippen MR) is 101 cm³/mol. The van der Waals surface area contributed by atoms with E-state index in [9.17, 15) is 9.59 Å². The highest BCUT2D eigenvalue weighted by Crippen LogP contribution is 2.36. The topological polar surface area (TPSA) is 77.5 Å². The van der Waals surface area contributed by atoms with Gasteiger partial charge in [0.15, 0.2) is 0 Å². The van der Waals surface area contributed by atoms with Gasteiger partial charge in [0, 0.05) is 23.0 Å². The summed E-state index contributed by atoms with van der Waals surface area (Å²) in [6.45, 7) is 5.52. The fourth-order valence-electron chi connectivity index (χ4n) is 2.37. The minimum absolute atomic E-state index is 0.118. The van der Waals surface area contributed by atoms with Crippen LogP contribution in [0.4, 0.5) is 5.82 Å². The second kappa shape index (κ2) is 7.99. The quantitative estimate of drug-likeness (QED) is 0.802. The normalized spacial score (nSPS) is 11.0. The van der Waals surface area contributed by atoms with Crippen LogP contribution in [0, 0.1) is 5.41 Å². The summed E-state index contributed by atoms with van der Waals surface area (Å²) in [6, 6.07) is 8.92. The van der Waals surface area contributed by atoms with Gasteiger partial charge in [-0.15, -0.1) is 0 Å². The van der Waals surface area contributed by atoms with Gasteiger partial charge in [-0.3, -0.25) is 4.79 Å². The molecule has 0 unspecified atom stereocenters. The molecular weight excluding hydrogens is 332 g/mol. The molecule has 0 bridgehead atoms. The summed E-state index contributed by atoms with van der Waals surface area (Å²) in [5.74, 6) is 1.50. The van der Waals surface area contributed by atoms with Crippen LogP contribution >= 0.6 is 0 Å². The van der Waals surface area contributed by atoms with E-state index in [0.717, 1.165) is 11.8 Å². The number of benzene rings is 1. The molecule has 0 aliphatic carbocycles. The van der Waals surface area contributed by atoms with Gasteiger partial charge in [-0.25, -0.2) is 4.98 Å². The van der Waals surface area contributed by atoms with Crippen molar-refractivity contribution in [1.29, 1.82) is 0 Å². The Kier molecular flexibility index (Phi) is 5.97. The van der Waals surface area contributed by atoms with Crippen molar-refractivity contribution in [2.45, 2.75) is 27.2 Å². The van der Waals surface area contributed by atoms with Gasteiger partial charge in [-0.2, -0.15) is 0 Å². The maximum Gasteiger partial charge on any atom is 0.230 e. The van der Waals surface area contributed by atoms with Crippen molar-refractivity contribution in [3.8, 4) is 22.8 Å². The third-order valence-electron chi connectivity index (χ3n) is 3.85. The van der Waals surface area contributed by atoms with Gasteiger partial charge < -0.3 is 19.6 Å². The minimum Gasteiger partial charge on any atom is -0.496 e. The average Bonchev–Trinajstić information content (AvgIpc) is 2.61. The maximum atomic E-state index is 12.2. The van der Waals surface area contributed by atoms with Crippen LogP contribution in [0.2, 0.25) is 0 Å². The summed E-state index contributed by atoms with van der Waals surface area (Å²) in [6.07, 6.45) is 1.05. The highest BCUT2D eigenvalue weighted by atomic mass is 16.5. The zero-order valence-electron chi connectivity index (χ0n) is 15.8. The van der Waals surface area contributed by atoms with Crippen LogP contribution in [0.25, 0.3) is 11.3 Å². The van der Waals surface area contributed by atoms with Crippen LogP contribution < -0.4 is 14.8 Å². The molecule has 1 aromatic heterocycles. The van der Waals surface area contributed by atoms with E-state index in [2.05, 4.69) is 10.3 Å². The number of aromatic nitrogens is 1. The molecule has 1 aromatic carbocycles. The van der Waals surface area contributed by atoms with Gasteiger partial charge >= 0.3 is 0 Å². The maximum absolute atomic E-state index is 12.2. The Bertz CT molecular complexity index is 810. The lowest BCUT2D eigenvalue weighted by atomic mass is 9.96. The molecule has 2 aromatic rings. The number of nitrogens with one attached hydrogen (secondary N) is 1. The summed E-state index contributed by atoms with van der Waals surface area (Å²) >= 11 is 0. The van der Waals surface area contributed by atoms with Crippen LogP contribution in [0.5, 0.6) is 11.5 Å². The number of carbonyl (C=O) groups excluding carboxylic acids is 2. The van der Waals surface area contributed by atoms with Crippen molar-refractivity contribution in [1.82, 2.24) is 4.98 Å². The summed E-state index contributed by atoms with van der Waals surface area (Å²) in [7, 11) is 3.11. The second-order valence-corrected chi connectivity index (χ2v) is 6.85. The number of methoxy groups -OCH3 is 2. The van der Waals surface area contributed by atoms with Crippen molar-refractivity contribution in [3.63, 3.8) is 0 Å². The molecule has 26 heavy (non-hydrogen) atoms. The van der Waals surface area contributed by atoms with Crippen LogP contribution in [0.15, 0.2) is 30.3 Å². The zero-order chi connectivity index (χ0) is 19.3. The molecule has 2 rings (SSSR count). The van der Waals surface area contributed by atoms with E-state index in [-0.39, 0.29) is 12.3 Å². The molecule has 1 amide bonds. The first-order chi connectivity index (χ1) is 12.3. The number of pyridine rings is 1. The van der Waals surface area contributed by atoms with E-state index >= 15 is 0 Å². The average molecular weight is 356 g/mol. The van der Waals surface area contributed by atoms with Crippen molar-refractivity contribution < 1.29 is 19.1 Å². The lowest BCUT2D eigenvalue weighted by Crippen LogP contribution is -2.28. The SMILES string of the molecule is COc1cc(-c2cccc(NC(=O)C(C)(C)C)n2)c(OC)cc1CC=O. The number of carbonyl (C=O) groups is 2. The molecule has 0 aliphatic rings. The van der Waals surface area contributed by atoms with Gasteiger partial charge in [-0.1, -0.05) is 26.8 Å². The summed E-state index contributed by atoms with van der Waals surface area (Å²) in [5, 5.41) is 2.82. The molecule has 0 radical (unpaired) electrons. The van der Waals surface area contributed by atoms with E-state index in [4.69, 9.17) is 9.47 Å². The van der Waals surface area contributed by atoms with E-state index in [1.165, 1.54) is 0 Å². The minimum atomic E-state index is -0.519. The third-order valence-corrected chi connectivity index (χ3v) is 3.85. The largest absolute Gasteiger partial charge is 0.496 e. The standard InChI is InChI=1S/C20H24N2O4/c1-20(2,3)19(24)22-18-8-6-7-15(21-18)14-12-16(25-4)13(9-10-23)11-17(14)26-5/h6-8,10-12H,9H2,1-5H3,(H,21,22,24). The Morgan fingerprint density at radius 3 is 2.42 bits per heavy atom. The van der Waals surface area contributed by atoms with E-state index in [1.54, 1.807) is 32.4 Å². The number of aldehydes is 1. The third kappa shape index (κ3) is 4.39. The first-order valence-corrected chi connectivity index (χ1v) is 8.27. The van der Waals surface area contributed by atoms with Crippen molar-refractivity contribution in [2.75, 3.05) is 19.5 Å². The second-order valence-electron chi connectivity index (χ2n) is 6.85. The Morgan fingerprint density at radius 2 is 1.85 bits per heavy atom. The highest BCUT2D eigenvalue weighted by molar-refractivity contribution is 5.94. The first kappa shape index (κ1) is 19.4. The van der Waals surface area contributed by atoms with Crippen LogP contribution in [0.1, 0.15) is 26.3 Å². The molecule has 0 fully saturated rings. The van der Waals surface area contributed by atoms with Crippen molar-refractivity contribution in [2.24, 2.45) is 5.41 Å². The predicted octanol–water partition coefficient (Wildman–Crippen LogP) is 3.49. The Hall–Kier alpha value is -2.89. The number of hydrogen-bond donors (Lipinski definition) is 1. The van der Waals surface area contributed by atoms with Gasteiger partial charge in [-0.05, 0) is 24.3 Å². The van der Waals surface area contributed by atoms with E-state index in [0.29, 0.717) is 28.6 Å². The van der Waals surface area contributed by atoms with E-state index < -0.39 is 5.41 Å². The van der Waals surface area contributed by atoms with Crippen LogP contribution in [0.3, 0.4) is 0 Å². The number of rotatable bonds is 6. The smallest absolute Gasteiger partial charge is 0.230 e. The summed E-state index contributed by atoms with van der Waals surface area (Å²) < 4.78 is 10.8. The molecular formula is C20H24N2O4. The lowest BCUT2D eigenvalue weighted by Gasteiger charge is -2.18. The Balaban J connectivity index is 2.46. The molecule has 1 heterocycles. The zero-order valence-corrected chi connectivity index (χ0v) is 15.8. The highest BCUT2D eigenvalue weighted by Gasteiger charge is 2.22. The number of nitrogens with zero attached hydrogens (tertiary/aromatic N) is 1. The fraction of sp³-hybridized carbons (Fsp3) is 0.350. The number of hydrogen-bond acceptors (Lipinski definition) is 5. The number of anilines is 1.